The Morgan fingerprint density at radius 2 is 1.47 bits per heavy atom. The second kappa shape index (κ2) is 12.0. The van der Waals surface area contributed by atoms with Crippen LogP contribution in [-0.4, -0.2) is 44.0 Å². The zero-order valence-corrected chi connectivity index (χ0v) is 28.4. The normalized spacial score (nSPS) is 36.7. The predicted octanol–water partition coefficient (Wildman–Crippen LogP) is 7.25. The maximum absolute atomic E-state index is 13.3. The standard InChI is InChI=1S/C36H56O7/c1-21(19-27(37)22(2)23(3)32(40)42-10)24-13-17-36(8)26-11-12-28-33(4,5)29(43-31(39)20-30(38)41-9)15-16-34(28,6)25(26)14-18-35(24,36)7/h21-24,28-29H,11-20H2,1-10H3/t21-,22-,23-,24-,28+,29-,34-,35-,36+/m1/s1. The van der Waals surface area contributed by atoms with Crippen molar-refractivity contribution in [1.29, 1.82) is 0 Å². The molecule has 0 aliphatic heterocycles. The lowest BCUT2D eigenvalue weighted by atomic mass is 9.43. The summed E-state index contributed by atoms with van der Waals surface area (Å²) < 4.78 is 15.5. The maximum Gasteiger partial charge on any atom is 0.317 e. The summed E-state index contributed by atoms with van der Waals surface area (Å²) in [7, 11) is 2.67. The average molecular weight is 601 g/mol. The van der Waals surface area contributed by atoms with Crippen molar-refractivity contribution in [2.24, 2.45) is 51.2 Å². The Kier molecular flexibility index (Phi) is 9.38. The molecule has 7 heteroatoms. The van der Waals surface area contributed by atoms with Gasteiger partial charge in [-0.15, -0.1) is 0 Å². The second-order valence-electron chi connectivity index (χ2n) is 15.7. The van der Waals surface area contributed by atoms with Crippen LogP contribution in [-0.2, 0) is 33.4 Å². The Labute approximate surface area is 259 Å². The zero-order valence-electron chi connectivity index (χ0n) is 28.4. The molecule has 4 aliphatic rings. The van der Waals surface area contributed by atoms with Gasteiger partial charge in [0.2, 0.25) is 0 Å². The van der Waals surface area contributed by atoms with Crippen LogP contribution in [0.25, 0.3) is 0 Å². The summed E-state index contributed by atoms with van der Waals surface area (Å²) in [5.74, 6) is -0.870. The molecule has 4 rings (SSSR count). The number of ether oxygens (including phenoxy) is 3. The predicted molar refractivity (Wildman–Crippen MR) is 165 cm³/mol. The fourth-order valence-electron chi connectivity index (χ4n) is 10.5. The summed E-state index contributed by atoms with van der Waals surface area (Å²) in [6.07, 6.45) is 8.36. The van der Waals surface area contributed by atoms with Gasteiger partial charge in [-0.05, 0) is 85.4 Å². The van der Waals surface area contributed by atoms with Crippen LogP contribution >= 0.6 is 0 Å². The third-order valence-electron chi connectivity index (χ3n) is 13.6. The number of carbonyl (C=O) groups excluding carboxylic acids is 4. The highest BCUT2D eigenvalue weighted by Crippen LogP contribution is 2.72. The maximum atomic E-state index is 13.3. The molecule has 43 heavy (non-hydrogen) atoms. The number of allylic oxidation sites excluding steroid dienone is 2. The summed E-state index contributed by atoms with van der Waals surface area (Å²) in [4.78, 5) is 49.6. The first-order chi connectivity index (χ1) is 20.0. The van der Waals surface area contributed by atoms with Crippen LogP contribution in [0.1, 0.15) is 120 Å². The van der Waals surface area contributed by atoms with Crippen LogP contribution in [0.2, 0.25) is 0 Å². The Bertz CT molecular complexity index is 1170. The van der Waals surface area contributed by atoms with Crippen molar-refractivity contribution in [2.45, 2.75) is 126 Å². The number of rotatable bonds is 9. The average Bonchev–Trinajstić information content (AvgIpc) is 3.24. The van der Waals surface area contributed by atoms with E-state index in [1.165, 1.54) is 14.2 Å². The molecule has 9 atom stereocenters. The minimum absolute atomic E-state index is 0.0613. The minimum atomic E-state index is -0.562. The minimum Gasteiger partial charge on any atom is -0.469 e. The van der Waals surface area contributed by atoms with Gasteiger partial charge in [0.25, 0.3) is 0 Å². The molecule has 0 spiro atoms. The quantitative estimate of drug-likeness (QED) is 0.119. The highest BCUT2D eigenvalue weighted by Gasteiger charge is 2.63. The Morgan fingerprint density at radius 1 is 0.791 bits per heavy atom. The number of methoxy groups -OCH3 is 2. The van der Waals surface area contributed by atoms with E-state index in [1.54, 1.807) is 18.1 Å². The molecule has 0 amide bonds. The lowest BCUT2D eigenvalue weighted by molar-refractivity contribution is -0.172. The first-order valence-electron chi connectivity index (χ1n) is 16.6. The van der Waals surface area contributed by atoms with E-state index < -0.39 is 17.9 Å². The second-order valence-corrected chi connectivity index (χ2v) is 15.7. The Hall–Kier alpha value is -2.18. The summed E-state index contributed by atoms with van der Waals surface area (Å²) in [6.45, 7) is 17.9. The number of esters is 3. The topological polar surface area (TPSA) is 96.0 Å². The fourth-order valence-corrected chi connectivity index (χ4v) is 10.5. The number of hydrogen-bond donors (Lipinski definition) is 0. The number of hydrogen-bond acceptors (Lipinski definition) is 7. The molecule has 0 bridgehead atoms. The largest absolute Gasteiger partial charge is 0.469 e. The van der Waals surface area contributed by atoms with Crippen LogP contribution in [0.4, 0.5) is 0 Å². The third-order valence-corrected chi connectivity index (χ3v) is 13.6. The molecule has 0 heterocycles. The Morgan fingerprint density at radius 3 is 2.09 bits per heavy atom. The van der Waals surface area contributed by atoms with Crippen molar-refractivity contribution in [1.82, 2.24) is 0 Å². The lowest BCUT2D eigenvalue weighted by Gasteiger charge is -2.62. The van der Waals surface area contributed by atoms with Gasteiger partial charge < -0.3 is 14.2 Å². The molecule has 0 unspecified atom stereocenters. The monoisotopic (exact) mass is 600 g/mol. The molecule has 0 aromatic heterocycles. The van der Waals surface area contributed by atoms with Gasteiger partial charge in [-0.2, -0.15) is 0 Å². The molecule has 0 saturated heterocycles. The highest BCUT2D eigenvalue weighted by atomic mass is 16.6. The molecule has 2 saturated carbocycles. The van der Waals surface area contributed by atoms with Crippen LogP contribution in [0.3, 0.4) is 0 Å². The number of fused-ring (bicyclic) bond motifs is 4. The van der Waals surface area contributed by atoms with Gasteiger partial charge in [-0.3, -0.25) is 19.2 Å². The van der Waals surface area contributed by atoms with Gasteiger partial charge in [0.15, 0.2) is 0 Å². The van der Waals surface area contributed by atoms with Crippen LogP contribution in [0.15, 0.2) is 11.1 Å². The molecule has 0 radical (unpaired) electrons. The van der Waals surface area contributed by atoms with E-state index in [0.717, 1.165) is 51.4 Å². The van der Waals surface area contributed by atoms with E-state index in [2.05, 4.69) is 46.3 Å². The van der Waals surface area contributed by atoms with E-state index >= 15 is 0 Å². The van der Waals surface area contributed by atoms with E-state index in [-0.39, 0.29) is 57.8 Å². The van der Waals surface area contributed by atoms with Crippen LogP contribution < -0.4 is 0 Å². The molecule has 4 aliphatic carbocycles. The van der Waals surface area contributed by atoms with Crippen molar-refractivity contribution in [3.05, 3.63) is 11.1 Å². The molecular weight excluding hydrogens is 544 g/mol. The van der Waals surface area contributed by atoms with E-state index in [0.29, 0.717) is 18.3 Å². The van der Waals surface area contributed by atoms with Crippen LogP contribution in [0.5, 0.6) is 0 Å². The van der Waals surface area contributed by atoms with Crippen LogP contribution in [0, 0.1) is 51.2 Å². The van der Waals surface area contributed by atoms with Gasteiger partial charge in [0.05, 0.1) is 20.1 Å². The van der Waals surface area contributed by atoms with Crippen molar-refractivity contribution in [3.8, 4) is 0 Å². The van der Waals surface area contributed by atoms with E-state index in [9.17, 15) is 19.2 Å². The van der Waals surface area contributed by atoms with Gasteiger partial charge in [0, 0.05) is 17.8 Å². The fraction of sp³-hybridized carbons (Fsp3) is 0.833. The van der Waals surface area contributed by atoms with Gasteiger partial charge in [0.1, 0.15) is 18.3 Å². The number of carbonyl (C=O) groups is 4. The lowest BCUT2D eigenvalue weighted by Crippen LogP contribution is -2.56. The first-order valence-corrected chi connectivity index (χ1v) is 16.6. The Balaban J connectivity index is 1.54. The molecule has 242 valence electrons. The smallest absolute Gasteiger partial charge is 0.317 e. The summed E-state index contributed by atoms with van der Waals surface area (Å²) in [5.41, 5.74) is 3.42. The van der Waals surface area contributed by atoms with Gasteiger partial charge in [-0.25, -0.2) is 0 Å². The molecule has 2 fully saturated rings. The zero-order chi connectivity index (χ0) is 32.1. The molecular formula is C36H56O7. The highest BCUT2D eigenvalue weighted by molar-refractivity contribution is 5.91. The summed E-state index contributed by atoms with van der Waals surface area (Å²) >= 11 is 0. The van der Waals surface area contributed by atoms with E-state index in [1.807, 2.05) is 6.92 Å². The SMILES string of the molecule is COC(=O)CC(=O)O[C@@H]1CC[C@]2(C)C3=C(CC[C@H]2C1(C)C)[C@]1(C)CC[C@H]([C@H](C)CC(=O)[C@H](C)[C@@H](C)C(=O)OC)[C@@]1(C)CC3. The van der Waals surface area contributed by atoms with Gasteiger partial charge in [-0.1, -0.05) is 66.5 Å². The number of ketones is 1. The summed E-state index contributed by atoms with van der Waals surface area (Å²) in [5, 5.41) is 0. The molecule has 0 aromatic rings. The van der Waals surface area contributed by atoms with E-state index in [4.69, 9.17) is 9.47 Å². The number of Topliss-reactive ketones (excluding diaryl/α,β-unsaturated/α-hetero) is 1. The summed E-state index contributed by atoms with van der Waals surface area (Å²) in [6, 6.07) is 0. The molecule has 0 aromatic carbocycles. The van der Waals surface area contributed by atoms with Crippen molar-refractivity contribution >= 4 is 23.7 Å². The van der Waals surface area contributed by atoms with Crippen molar-refractivity contribution in [2.75, 3.05) is 14.2 Å². The van der Waals surface area contributed by atoms with Crippen molar-refractivity contribution in [3.63, 3.8) is 0 Å². The third kappa shape index (κ3) is 5.49. The molecule has 7 nitrogen and oxygen atoms in total. The first kappa shape index (κ1) is 33.7. The van der Waals surface area contributed by atoms with Gasteiger partial charge >= 0.3 is 17.9 Å². The molecule has 0 N–H and O–H groups in total. The van der Waals surface area contributed by atoms with Crippen molar-refractivity contribution < 1.29 is 33.4 Å².